The highest BCUT2D eigenvalue weighted by Crippen LogP contribution is 2.40. The average molecular weight is 309 g/mol. The molecule has 0 unspecified atom stereocenters. The number of rotatable bonds is 4. The van der Waals surface area contributed by atoms with Gasteiger partial charge in [0.15, 0.2) is 0 Å². The number of nitrogens with zero attached hydrogens (tertiary/aromatic N) is 3. The van der Waals surface area contributed by atoms with Gasteiger partial charge in [-0.05, 0) is 43.2 Å². The van der Waals surface area contributed by atoms with E-state index in [9.17, 15) is 0 Å². The van der Waals surface area contributed by atoms with E-state index < -0.39 is 0 Å². The fourth-order valence-electron chi connectivity index (χ4n) is 3.09. The van der Waals surface area contributed by atoms with Gasteiger partial charge in [0.05, 0.1) is 25.8 Å². The third kappa shape index (κ3) is 2.93. The molecule has 1 saturated heterocycles. The van der Waals surface area contributed by atoms with E-state index in [4.69, 9.17) is 14.7 Å². The minimum absolute atomic E-state index is 0.195. The Balaban J connectivity index is 1.96. The van der Waals surface area contributed by atoms with E-state index in [1.807, 2.05) is 24.3 Å². The van der Waals surface area contributed by atoms with Crippen molar-refractivity contribution < 1.29 is 9.47 Å². The van der Waals surface area contributed by atoms with Crippen LogP contribution in [-0.2, 0) is 0 Å². The molecule has 1 fully saturated rings. The van der Waals surface area contributed by atoms with Crippen molar-refractivity contribution in [2.75, 3.05) is 25.7 Å². The Bertz CT molecular complexity index is 722. The molecule has 3 rings (SSSR count). The van der Waals surface area contributed by atoms with E-state index in [1.165, 1.54) is 0 Å². The van der Waals surface area contributed by atoms with Gasteiger partial charge >= 0.3 is 0 Å². The van der Waals surface area contributed by atoms with E-state index in [2.05, 4.69) is 16.0 Å². The Morgan fingerprint density at radius 1 is 1.22 bits per heavy atom. The highest BCUT2D eigenvalue weighted by Gasteiger charge is 2.29. The fourth-order valence-corrected chi connectivity index (χ4v) is 3.09. The first-order valence-electron chi connectivity index (χ1n) is 7.61. The largest absolute Gasteiger partial charge is 0.497 e. The number of hydrogen-bond acceptors (Lipinski definition) is 5. The van der Waals surface area contributed by atoms with Gasteiger partial charge in [-0.15, -0.1) is 0 Å². The molecule has 0 bridgehead atoms. The molecule has 1 atom stereocenters. The molecule has 0 saturated carbocycles. The number of nitriles is 1. The maximum Gasteiger partial charge on any atom is 0.129 e. The second-order valence-electron chi connectivity index (χ2n) is 5.48. The zero-order chi connectivity index (χ0) is 16.2. The van der Waals surface area contributed by atoms with Crippen LogP contribution in [0.15, 0.2) is 36.5 Å². The van der Waals surface area contributed by atoms with E-state index in [1.54, 1.807) is 26.5 Å². The van der Waals surface area contributed by atoms with Gasteiger partial charge in [-0.2, -0.15) is 5.26 Å². The molecule has 1 aromatic heterocycles. The highest BCUT2D eigenvalue weighted by atomic mass is 16.5. The summed E-state index contributed by atoms with van der Waals surface area (Å²) in [6, 6.07) is 11.9. The van der Waals surface area contributed by atoms with Crippen LogP contribution in [-0.4, -0.2) is 25.7 Å². The lowest BCUT2D eigenvalue weighted by molar-refractivity contribution is 0.395. The maximum absolute atomic E-state index is 8.92. The molecule has 0 radical (unpaired) electrons. The summed E-state index contributed by atoms with van der Waals surface area (Å²) in [6.45, 7) is 0.934. The number of aromatic nitrogens is 1. The maximum atomic E-state index is 8.92. The van der Waals surface area contributed by atoms with Gasteiger partial charge in [0, 0.05) is 18.3 Å². The smallest absolute Gasteiger partial charge is 0.129 e. The monoisotopic (exact) mass is 309 g/mol. The summed E-state index contributed by atoms with van der Waals surface area (Å²) in [5, 5.41) is 8.92. The molecule has 1 aromatic carbocycles. The number of anilines is 1. The van der Waals surface area contributed by atoms with Gasteiger partial charge in [0.2, 0.25) is 0 Å². The Labute approximate surface area is 136 Å². The van der Waals surface area contributed by atoms with Gasteiger partial charge in [-0.1, -0.05) is 0 Å². The molecule has 2 aromatic rings. The molecule has 0 aliphatic carbocycles. The summed E-state index contributed by atoms with van der Waals surface area (Å²) in [4.78, 5) is 6.70. The SMILES string of the molecule is COc1ccc(OC)c([C@H]2CCCN2c2ccc(C#N)cn2)c1. The molecule has 118 valence electrons. The summed E-state index contributed by atoms with van der Waals surface area (Å²) in [7, 11) is 3.35. The number of benzene rings is 1. The summed E-state index contributed by atoms with van der Waals surface area (Å²) in [6.07, 6.45) is 3.74. The fraction of sp³-hybridized carbons (Fsp3) is 0.333. The van der Waals surface area contributed by atoms with E-state index in [-0.39, 0.29) is 6.04 Å². The Morgan fingerprint density at radius 2 is 2.09 bits per heavy atom. The van der Waals surface area contributed by atoms with Crippen molar-refractivity contribution in [2.24, 2.45) is 0 Å². The van der Waals surface area contributed by atoms with Crippen molar-refractivity contribution in [3.05, 3.63) is 47.7 Å². The second-order valence-corrected chi connectivity index (χ2v) is 5.48. The number of hydrogen-bond donors (Lipinski definition) is 0. The van der Waals surface area contributed by atoms with Crippen LogP contribution in [0.3, 0.4) is 0 Å². The third-order valence-electron chi connectivity index (χ3n) is 4.22. The molecule has 1 aliphatic heterocycles. The van der Waals surface area contributed by atoms with Crippen LogP contribution in [0, 0.1) is 11.3 Å². The van der Waals surface area contributed by atoms with E-state index >= 15 is 0 Å². The zero-order valence-corrected chi connectivity index (χ0v) is 13.3. The standard InChI is InChI=1S/C18H19N3O2/c1-22-14-6-7-17(23-2)15(10-14)16-4-3-9-21(16)18-8-5-13(11-19)12-20-18/h5-8,10,12,16H,3-4,9H2,1-2H3/t16-/m1/s1. The highest BCUT2D eigenvalue weighted by molar-refractivity contribution is 5.50. The molecule has 5 nitrogen and oxygen atoms in total. The van der Waals surface area contributed by atoms with E-state index in [0.717, 1.165) is 42.3 Å². The van der Waals surface area contributed by atoms with Crippen LogP contribution < -0.4 is 14.4 Å². The lowest BCUT2D eigenvalue weighted by atomic mass is 10.0. The van der Waals surface area contributed by atoms with Crippen LogP contribution in [0.1, 0.15) is 30.0 Å². The summed E-state index contributed by atoms with van der Waals surface area (Å²) in [5.74, 6) is 2.56. The van der Waals surface area contributed by atoms with Crippen LogP contribution in [0.4, 0.5) is 5.82 Å². The molecular formula is C18H19N3O2. The average Bonchev–Trinajstić information content (AvgIpc) is 3.10. The van der Waals surface area contributed by atoms with Gasteiger partial charge in [0.25, 0.3) is 0 Å². The predicted octanol–water partition coefficient (Wildman–Crippen LogP) is 3.31. The van der Waals surface area contributed by atoms with Crippen molar-refractivity contribution in [1.82, 2.24) is 4.98 Å². The predicted molar refractivity (Wildman–Crippen MR) is 87.8 cm³/mol. The van der Waals surface area contributed by atoms with Crippen LogP contribution in [0.2, 0.25) is 0 Å². The van der Waals surface area contributed by atoms with Gasteiger partial charge in [-0.3, -0.25) is 0 Å². The van der Waals surface area contributed by atoms with Crippen molar-refractivity contribution in [1.29, 1.82) is 5.26 Å². The van der Waals surface area contributed by atoms with Crippen LogP contribution >= 0.6 is 0 Å². The molecule has 23 heavy (non-hydrogen) atoms. The van der Waals surface area contributed by atoms with Gasteiger partial charge in [0.1, 0.15) is 23.4 Å². The second kappa shape index (κ2) is 6.57. The number of methoxy groups -OCH3 is 2. The molecule has 0 N–H and O–H groups in total. The summed E-state index contributed by atoms with van der Waals surface area (Å²) in [5.41, 5.74) is 1.68. The Kier molecular flexibility index (Phi) is 4.33. The molecule has 2 heterocycles. The minimum Gasteiger partial charge on any atom is -0.497 e. The number of pyridine rings is 1. The van der Waals surface area contributed by atoms with Gasteiger partial charge in [-0.25, -0.2) is 4.98 Å². The molecule has 5 heteroatoms. The van der Waals surface area contributed by atoms with Crippen molar-refractivity contribution in [3.63, 3.8) is 0 Å². The first-order chi connectivity index (χ1) is 11.3. The Morgan fingerprint density at radius 3 is 2.74 bits per heavy atom. The molecule has 1 aliphatic rings. The molecule has 0 amide bonds. The lowest BCUT2D eigenvalue weighted by Gasteiger charge is -2.27. The Hall–Kier alpha value is -2.74. The zero-order valence-electron chi connectivity index (χ0n) is 13.3. The minimum atomic E-state index is 0.195. The normalized spacial score (nSPS) is 16.9. The van der Waals surface area contributed by atoms with Crippen molar-refractivity contribution >= 4 is 5.82 Å². The first kappa shape index (κ1) is 15.2. The topological polar surface area (TPSA) is 58.4 Å². The first-order valence-corrected chi connectivity index (χ1v) is 7.61. The molecular weight excluding hydrogens is 290 g/mol. The van der Waals surface area contributed by atoms with Crippen molar-refractivity contribution in [2.45, 2.75) is 18.9 Å². The third-order valence-corrected chi connectivity index (χ3v) is 4.22. The van der Waals surface area contributed by atoms with Gasteiger partial charge < -0.3 is 14.4 Å². The number of ether oxygens (including phenoxy) is 2. The van der Waals surface area contributed by atoms with Crippen molar-refractivity contribution in [3.8, 4) is 17.6 Å². The van der Waals surface area contributed by atoms with E-state index in [0.29, 0.717) is 5.56 Å². The quantitative estimate of drug-likeness (QED) is 0.867. The molecule has 0 spiro atoms. The van der Waals surface area contributed by atoms with Crippen LogP contribution in [0.25, 0.3) is 0 Å². The summed E-state index contributed by atoms with van der Waals surface area (Å²) >= 11 is 0. The van der Waals surface area contributed by atoms with Crippen LogP contribution in [0.5, 0.6) is 11.5 Å². The summed E-state index contributed by atoms with van der Waals surface area (Å²) < 4.78 is 10.9. The lowest BCUT2D eigenvalue weighted by Crippen LogP contribution is -2.24.